The van der Waals surface area contributed by atoms with Crippen molar-refractivity contribution in [2.24, 2.45) is 5.92 Å². The van der Waals surface area contributed by atoms with Crippen LogP contribution in [0.15, 0.2) is 47.4 Å². The SMILES string of the molecule is COc1ccc(OC)c(NCC(=O)c2cccc(S(=O)(=O)N3CCCC(C)C3)c2)c1. The highest BCUT2D eigenvalue weighted by atomic mass is 32.2. The molecule has 0 aromatic heterocycles. The van der Waals surface area contributed by atoms with E-state index in [9.17, 15) is 13.2 Å². The van der Waals surface area contributed by atoms with Crippen LogP contribution in [0, 0.1) is 5.92 Å². The van der Waals surface area contributed by atoms with E-state index in [1.165, 1.54) is 10.4 Å². The molecule has 162 valence electrons. The number of hydrogen-bond acceptors (Lipinski definition) is 6. The molecule has 1 aliphatic rings. The number of nitrogens with zero attached hydrogens (tertiary/aromatic N) is 1. The van der Waals surface area contributed by atoms with Crippen molar-refractivity contribution in [3.05, 3.63) is 48.0 Å². The van der Waals surface area contributed by atoms with Crippen LogP contribution in [0.2, 0.25) is 0 Å². The van der Waals surface area contributed by atoms with Gasteiger partial charge in [-0.2, -0.15) is 4.31 Å². The third kappa shape index (κ3) is 4.94. The molecular formula is C22H28N2O5S. The summed E-state index contributed by atoms with van der Waals surface area (Å²) in [6.07, 6.45) is 1.88. The van der Waals surface area contributed by atoms with Gasteiger partial charge in [-0.1, -0.05) is 19.1 Å². The maximum atomic E-state index is 13.0. The van der Waals surface area contributed by atoms with Crippen molar-refractivity contribution < 1.29 is 22.7 Å². The van der Waals surface area contributed by atoms with Crippen LogP contribution in [0.5, 0.6) is 11.5 Å². The van der Waals surface area contributed by atoms with Crippen molar-refractivity contribution in [1.82, 2.24) is 4.31 Å². The molecule has 1 aliphatic heterocycles. The zero-order valence-corrected chi connectivity index (χ0v) is 18.4. The van der Waals surface area contributed by atoms with E-state index < -0.39 is 10.0 Å². The molecule has 0 saturated carbocycles. The molecule has 7 nitrogen and oxygen atoms in total. The van der Waals surface area contributed by atoms with Gasteiger partial charge < -0.3 is 14.8 Å². The number of ketones is 1. The van der Waals surface area contributed by atoms with E-state index in [-0.39, 0.29) is 17.2 Å². The van der Waals surface area contributed by atoms with Gasteiger partial charge in [0.15, 0.2) is 5.78 Å². The number of benzene rings is 2. The van der Waals surface area contributed by atoms with Crippen LogP contribution in [0.3, 0.4) is 0 Å². The number of nitrogens with one attached hydrogen (secondary N) is 1. The third-order valence-corrected chi connectivity index (χ3v) is 7.12. The Morgan fingerprint density at radius 3 is 2.67 bits per heavy atom. The molecule has 1 atom stereocenters. The van der Waals surface area contributed by atoms with Crippen molar-refractivity contribution in [1.29, 1.82) is 0 Å². The van der Waals surface area contributed by atoms with Crippen LogP contribution in [0.1, 0.15) is 30.1 Å². The zero-order chi connectivity index (χ0) is 21.7. The highest BCUT2D eigenvalue weighted by Crippen LogP contribution is 2.29. The second kappa shape index (κ2) is 9.49. The Labute approximate surface area is 178 Å². The summed E-state index contributed by atoms with van der Waals surface area (Å²) in [7, 11) is -0.506. The molecule has 3 rings (SSSR count). The number of carbonyl (C=O) groups is 1. The molecular weight excluding hydrogens is 404 g/mol. The summed E-state index contributed by atoms with van der Waals surface area (Å²) in [5.41, 5.74) is 0.965. The lowest BCUT2D eigenvalue weighted by Crippen LogP contribution is -2.39. The van der Waals surface area contributed by atoms with Gasteiger partial charge in [0.2, 0.25) is 10.0 Å². The molecule has 1 N–H and O–H groups in total. The topological polar surface area (TPSA) is 84.9 Å². The van der Waals surface area contributed by atoms with Gasteiger partial charge in [0.05, 0.1) is 31.3 Å². The third-order valence-electron chi connectivity index (χ3n) is 5.26. The van der Waals surface area contributed by atoms with Gasteiger partial charge in [-0.05, 0) is 43.0 Å². The predicted octanol–water partition coefficient (Wildman–Crippen LogP) is 3.42. The molecule has 1 heterocycles. The monoisotopic (exact) mass is 432 g/mol. The average Bonchev–Trinajstić information content (AvgIpc) is 2.77. The predicted molar refractivity (Wildman–Crippen MR) is 116 cm³/mol. The van der Waals surface area contributed by atoms with Gasteiger partial charge in [-0.15, -0.1) is 0 Å². The zero-order valence-electron chi connectivity index (χ0n) is 17.6. The summed E-state index contributed by atoms with van der Waals surface area (Å²) >= 11 is 0. The number of hydrogen-bond donors (Lipinski definition) is 1. The van der Waals surface area contributed by atoms with Crippen LogP contribution >= 0.6 is 0 Å². The van der Waals surface area contributed by atoms with Crippen LogP contribution < -0.4 is 14.8 Å². The van der Waals surface area contributed by atoms with Gasteiger partial charge in [-0.3, -0.25) is 4.79 Å². The lowest BCUT2D eigenvalue weighted by molar-refractivity contribution is 0.101. The van der Waals surface area contributed by atoms with Crippen LogP contribution in [0.4, 0.5) is 5.69 Å². The molecule has 8 heteroatoms. The van der Waals surface area contributed by atoms with Gasteiger partial charge in [0.1, 0.15) is 11.5 Å². The minimum Gasteiger partial charge on any atom is -0.497 e. The van der Waals surface area contributed by atoms with Gasteiger partial charge in [0, 0.05) is 24.7 Å². The van der Waals surface area contributed by atoms with E-state index in [2.05, 4.69) is 12.2 Å². The first kappa shape index (κ1) is 22.1. The maximum Gasteiger partial charge on any atom is 0.243 e. The number of piperidine rings is 1. The lowest BCUT2D eigenvalue weighted by atomic mass is 10.0. The normalized spacial score (nSPS) is 17.4. The summed E-state index contributed by atoms with van der Waals surface area (Å²) in [5.74, 6) is 1.33. The number of ether oxygens (including phenoxy) is 2. The first-order valence-electron chi connectivity index (χ1n) is 9.94. The molecule has 0 radical (unpaired) electrons. The highest BCUT2D eigenvalue weighted by molar-refractivity contribution is 7.89. The second-order valence-corrected chi connectivity index (χ2v) is 9.42. The largest absolute Gasteiger partial charge is 0.497 e. The van der Waals surface area contributed by atoms with Gasteiger partial charge in [-0.25, -0.2) is 8.42 Å². The fourth-order valence-electron chi connectivity index (χ4n) is 3.57. The quantitative estimate of drug-likeness (QED) is 0.644. The van der Waals surface area contributed by atoms with Crippen molar-refractivity contribution >= 4 is 21.5 Å². The second-order valence-electron chi connectivity index (χ2n) is 7.48. The van der Waals surface area contributed by atoms with E-state index >= 15 is 0 Å². The Hall–Kier alpha value is -2.58. The average molecular weight is 433 g/mol. The summed E-state index contributed by atoms with van der Waals surface area (Å²) in [4.78, 5) is 12.9. The van der Waals surface area contributed by atoms with Crippen LogP contribution in [-0.2, 0) is 10.0 Å². The minimum atomic E-state index is -3.61. The van der Waals surface area contributed by atoms with Crippen LogP contribution in [-0.4, -0.2) is 52.4 Å². The summed E-state index contributed by atoms with van der Waals surface area (Å²) < 4.78 is 38.1. The first-order chi connectivity index (χ1) is 14.3. The number of carbonyl (C=O) groups excluding carboxylic acids is 1. The molecule has 1 unspecified atom stereocenters. The van der Waals surface area contributed by atoms with Crippen LogP contribution in [0.25, 0.3) is 0 Å². The van der Waals surface area contributed by atoms with Gasteiger partial charge >= 0.3 is 0 Å². The van der Waals surface area contributed by atoms with E-state index in [1.54, 1.807) is 50.6 Å². The van der Waals surface area contributed by atoms with Crippen molar-refractivity contribution in [3.63, 3.8) is 0 Å². The Morgan fingerprint density at radius 1 is 1.17 bits per heavy atom. The number of rotatable bonds is 8. The molecule has 1 fully saturated rings. The molecule has 0 amide bonds. The number of methoxy groups -OCH3 is 2. The fraction of sp³-hybridized carbons (Fsp3) is 0.409. The van der Waals surface area contributed by atoms with E-state index in [1.807, 2.05) is 0 Å². The Morgan fingerprint density at radius 2 is 1.97 bits per heavy atom. The molecule has 0 aliphatic carbocycles. The summed E-state index contributed by atoms with van der Waals surface area (Å²) in [6.45, 7) is 3.08. The smallest absolute Gasteiger partial charge is 0.243 e. The Kier molecular flexibility index (Phi) is 6.99. The maximum absolute atomic E-state index is 13.0. The standard InChI is InChI=1S/C22H28N2O5S/c1-16-6-5-11-24(15-16)30(26,27)19-8-4-7-17(12-19)21(25)14-23-20-13-18(28-2)9-10-22(20)29-3/h4,7-10,12-13,16,23H,5-6,11,14-15H2,1-3H3. The highest BCUT2D eigenvalue weighted by Gasteiger charge is 2.29. The molecule has 0 spiro atoms. The number of sulfonamides is 1. The number of Topliss-reactive ketones (excluding diaryl/α,β-unsaturated/α-hetero) is 1. The van der Waals surface area contributed by atoms with E-state index in [0.29, 0.717) is 41.8 Å². The minimum absolute atomic E-state index is 0.00617. The molecule has 0 bridgehead atoms. The first-order valence-corrected chi connectivity index (χ1v) is 11.4. The Bertz CT molecular complexity index is 1010. The van der Waals surface area contributed by atoms with E-state index in [0.717, 1.165) is 12.8 Å². The molecule has 2 aromatic rings. The van der Waals surface area contributed by atoms with Crippen molar-refractivity contribution in [3.8, 4) is 11.5 Å². The van der Waals surface area contributed by atoms with Crippen molar-refractivity contribution in [2.75, 3.05) is 39.2 Å². The molecule has 2 aromatic carbocycles. The van der Waals surface area contributed by atoms with Gasteiger partial charge in [0.25, 0.3) is 0 Å². The number of anilines is 1. The van der Waals surface area contributed by atoms with E-state index in [4.69, 9.17) is 9.47 Å². The fourth-order valence-corrected chi connectivity index (χ4v) is 5.22. The summed E-state index contributed by atoms with van der Waals surface area (Å²) in [6, 6.07) is 11.5. The summed E-state index contributed by atoms with van der Waals surface area (Å²) in [5, 5.41) is 3.05. The van der Waals surface area contributed by atoms with Crippen molar-refractivity contribution in [2.45, 2.75) is 24.7 Å². The molecule has 30 heavy (non-hydrogen) atoms. The molecule has 1 saturated heterocycles. The lowest BCUT2D eigenvalue weighted by Gasteiger charge is -2.30. The Balaban J connectivity index is 1.75.